The standard InChI is InChI=1S/C8H4F6N2O3/c1-3-2-4(19-8(12,13)14)6(16(17)18)15-5(3)7(9,10)11/h2H,1H3. The number of nitrogens with zero attached hydrogens (tertiary/aromatic N) is 2. The van der Waals surface area contributed by atoms with Crippen molar-refractivity contribution in [2.45, 2.75) is 19.5 Å². The summed E-state index contributed by atoms with van der Waals surface area (Å²) in [6, 6.07) is 0.265. The van der Waals surface area contributed by atoms with Gasteiger partial charge in [-0.15, -0.1) is 13.2 Å². The van der Waals surface area contributed by atoms with Crippen LogP contribution in [0.25, 0.3) is 0 Å². The molecule has 0 atom stereocenters. The first-order valence-corrected chi connectivity index (χ1v) is 4.41. The monoisotopic (exact) mass is 290 g/mol. The zero-order chi connectivity index (χ0) is 15.0. The smallest absolute Gasteiger partial charge is 0.397 e. The SMILES string of the molecule is Cc1cc(OC(F)(F)F)c([N+](=O)[O-])nc1C(F)(F)F. The van der Waals surface area contributed by atoms with Crippen molar-refractivity contribution in [3.05, 3.63) is 27.4 Å². The first-order valence-electron chi connectivity index (χ1n) is 4.41. The van der Waals surface area contributed by atoms with Gasteiger partial charge in [0.2, 0.25) is 5.75 Å². The second-order valence-electron chi connectivity index (χ2n) is 3.28. The number of pyridine rings is 1. The van der Waals surface area contributed by atoms with Crippen molar-refractivity contribution >= 4 is 5.82 Å². The molecule has 0 spiro atoms. The highest BCUT2D eigenvalue weighted by Crippen LogP contribution is 2.37. The maximum Gasteiger partial charge on any atom is 0.573 e. The third-order valence-corrected chi connectivity index (χ3v) is 1.83. The van der Waals surface area contributed by atoms with Crippen LogP contribution in [0.4, 0.5) is 32.2 Å². The van der Waals surface area contributed by atoms with Crippen LogP contribution < -0.4 is 4.74 Å². The summed E-state index contributed by atoms with van der Waals surface area (Å²) in [5.41, 5.74) is -2.37. The van der Waals surface area contributed by atoms with E-state index in [0.29, 0.717) is 0 Å². The number of nitro groups is 1. The quantitative estimate of drug-likeness (QED) is 0.476. The molecule has 0 bridgehead atoms. The molecule has 0 fully saturated rings. The molecule has 0 aliphatic rings. The van der Waals surface area contributed by atoms with E-state index in [9.17, 15) is 36.5 Å². The Morgan fingerprint density at radius 2 is 1.79 bits per heavy atom. The van der Waals surface area contributed by atoms with Gasteiger partial charge in [0, 0.05) is 5.56 Å². The lowest BCUT2D eigenvalue weighted by molar-refractivity contribution is -0.393. The lowest BCUT2D eigenvalue weighted by Gasteiger charge is -2.11. The molecule has 1 rings (SSSR count). The Morgan fingerprint density at radius 1 is 1.26 bits per heavy atom. The molecule has 0 aliphatic carbocycles. The van der Waals surface area contributed by atoms with E-state index in [1.54, 1.807) is 0 Å². The second-order valence-corrected chi connectivity index (χ2v) is 3.28. The van der Waals surface area contributed by atoms with Gasteiger partial charge in [0.15, 0.2) is 0 Å². The van der Waals surface area contributed by atoms with Crippen LogP contribution in [0.3, 0.4) is 0 Å². The van der Waals surface area contributed by atoms with E-state index in [1.165, 1.54) is 0 Å². The summed E-state index contributed by atoms with van der Waals surface area (Å²) >= 11 is 0. The average Bonchev–Trinajstić information content (AvgIpc) is 2.11. The summed E-state index contributed by atoms with van der Waals surface area (Å²) in [6.45, 7) is 0.808. The summed E-state index contributed by atoms with van der Waals surface area (Å²) in [5.74, 6) is -3.06. The van der Waals surface area contributed by atoms with Gasteiger partial charge >= 0.3 is 18.4 Å². The molecule has 0 aliphatic heterocycles. The van der Waals surface area contributed by atoms with Crippen LogP contribution in [0.5, 0.6) is 5.75 Å². The minimum atomic E-state index is -5.28. The Hall–Kier alpha value is -2.07. The zero-order valence-corrected chi connectivity index (χ0v) is 8.96. The summed E-state index contributed by atoms with van der Waals surface area (Å²) in [6.07, 6.45) is -10.3. The van der Waals surface area contributed by atoms with Gasteiger partial charge in [-0.2, -0.15) is 13.2 Å². The number of ether oxygens (including phenoxy) is 1. The number of hydrogen-bond donors (Lipinski definition) is 0. The molecule has 0 N–H and O–H groups in total. The first-order chi connectivity index (χ1) is 8.42. The molecule has 19 heavy (non-hydrogen) atoms. The molecule has 0 amide bonds. The van der Waals surface area contributed by atoms with E-state index in [1.807, 2.05) is 0 Å². The predicted octanol–water partition coefficient (Wildman–Crippen LogP) is 3.22. The maximum absolute atomic E-state index is 12.4. The Bertz CT molecular complexity index is 510. The van der Waals surface area contributed by atoms with Gasteiger partial charge in [-0.05, 0) is 22.9 Å². The van der Waals surface area contributed by atoms with Crippen LogP contribution in [0.2, 0.25) is 0 Å². The molecule has 0 saturated heterocycles. The van der Waals surface area contributed by atoms with Crippen LogP contribution in [0.1, 0.15) is 11.3 Å². The highest BCUT2D eigenvalue weighted by molar-refractivity contribution is 5.44. The predicted molar refractivity (Wildman–Crippen MR) is 47.3 cm³/mol. The van der Waals surface area contributed by atoms with E-state index in [4.69, 9.17) is 0 Å². The zero-order valence-electron chi connectivity index (χ0n) is 8.96. The third kappa shape index (κ3) is 3.69. The van der Waals surface area contributed by atoms with E-state index < -0.39 is 40.3 Å². The van der Waals surface area contributed by atoms with Crippen LogP contribution in [0, 0.1) is 17.0 Å². The lowest BCUT2D eigenvalue weighted by Crippen LogP contribution is -2.20. The Labute approximate surface area is 101 Å². The summed E-state index contributed by atoms with van der Waals surface area (Å²) in [5, 5.41) is 10.4. The van der Waals surface area contributed by atoms with Crippen molar-refractivity contribution < 1.29 is 36.0 Å². The van der Waals surface area contributed by atoms with Crippen molar-refractivity contribution in [3.63, 3.8) is 0 Å². The van der Waals surface area contributed by atoms with Crippen molar-refractivity contribution in [2.24, 2.45) is 0 Å². The number of aryl methyl sites for hydroxylation is 1. The average molecular weight is 290 g/mol. The fourth-order valence-corrected chi connectivity index (χ4v) is 1.20. The number of halogens is 6. The Morgan fingerprint density at radius 3 is 2.16 bits per heavy atom. The van der Waals surface area contributed by atoms with E-state index in [-0.39, 0.29) is 6.07 Å². The van der Waals surface area contributed by atoms with Gasteiger partial charge in [-0.25, -0.2) is 0 Å². The Kier molecular flexibility index (Phi) is 3.59. The van der Waals surface area contributed by atoms with Crippen molar-refractivity contribution in [3.8, 4) is 5.75 Å². The first kappa shape index (κ1) is 15.0. The molecule has 0 radical (unpaired) electrons. The maximum atomic E-state index is 12.4. The molecular weight excluding hydrogens is 286 g/mol. The highest BCUT2D eigenvalue weighted by atomic mass is 19.4. The van der Waals surface area contributed by atoms with Crippen molar-refractivity contribution in [2.75, 3.05) is 0 Å². The van der Waals surface area contributed by atoms with Crippen LogP contribution in [-0.4, -0.2) is 16.3 Å². The number of rotatable bonds is 2. The van der Waals surface area contributed by atoms with E-state index in [2.05, 4.69) is 9.72 Å². The van der Waals surface area contributed by atoms with E-state index >= 15 is 0 Å². The molecule has 5 nitrogen and oxygen atoms in total. The van der Waals surface area contributed by atoms with Gasteiger partial charge in [-0.1, -0.05) is 0 Å². The second kappa shape index (κ2) is 4.55. The molecule has 1 aromatic heterocycles. The van der Waals surface area contributed by atoms with E-state index in [0.717, 1.165) is 6.92 Å². The number of hydrogen-bond acceptors (Lipinski definition) is 4. The number of aromatic nitrogens is 1. The molecule has 0 saturated carbocycles. The molecule has 106 valence electrons. The molecule has 1 heterocycles. The van der Waals surface area contributed by atoms with Gasteiger partial charge in [-0.3, -0.25) is 0 Å². The summed E-state index contributed by atoms with van der Waals surface area (Å²) < 4.78 is 76.4. The molecular formula is C8H4F6N2O3. The summed E-state index contributed by atoms with van der Waals surface area (Å²) in [7, 11) is 0. The van der Waals surface area contributed by atoms with Crippen molar-refractivity contribution in [1.82, 2.24) is 4.98 Å². The normalized spacial score (nSPS) is 12.4. The fraction of sp³-hybridized carbons (Fsp3) is 0.375. The van der Waals surface area contributed by atoms with Gasteiger partial charge in [0.1, 0.15) is 0 Å². The highest BCUT2D eigenvalue weighted by Gasteiger charge is 2.43. The van der Waals surface area contributed by atoms with Crippen LogP contribution >= 0.6 is 0 Å². The molecule has 1 aromatic rings. The topological polar surface area (TPSA) is 65.3 Å². The van der Waals surface area contributed by atoms with Gasteiger partial charge in [0.05, 0.1) is 0 Å². The third-order valence-electron chi connectivity index (χ3n) is 1.83. The summed E-state index contributed by atoms with van der Waals surface area (Å²) in [4.78, 5) is 11.5. The van der Waals surface area contributed by atoms with Crippen molar-refractivity contribution in [1.29, 1.82) is 0 Å². The lowest BCUT2D eigenvalue weighted by atomic mass is 10.2. The largest absolute Gasteiger partial charge is 0.573 e. The molecule has 0 unspecified atom stereocenters. The molecule has 11 heteroatoms. The molecule has 0 aromatic carbocycles. The minimum Gasteiger partial charge on any atom is -0.397 e. The van der Waals surface area contributed by atoms with Crippen LogP contribution in [-0.2, 0) is 6.18 Å². The number of alkyl halides is 6. The van der Waals surface area contributed by atoms with Gasteiger partial charge in [0.25, 0.3) is 5.69 Å². The fourth-order valence-electron chi connectivity index (χ4n) is 1.20. The Balaban J connectivity index is 3.42. The minimum absolute atomic E-state index is 0.265. The van der Waals surface area contributed by atoms with Crippen LogP contribution in [0.15, 0.2) is 6.07 Å². The van der Waals surface area contributed by atoms with Gasteiger partial charge < -0.3 is 14.9 Å².